The Hall–Kier alpha value is -3.81. The maximum atomic E-state index is 12.2. The Kier molecular flexibility index (Phi) is 7.26. The van der Waals surface area contributed by atoms with Gasteiger partial charge in [0.05, 0.1) is 27.8 Å². The highest BCUT2D eigenvalue weighted by atomic mass is 16.5. The number of aryl methyl sites for hydroxylation is 1. The van der Waals surface area contributed by atoms with Crippen LogP contribution in [0.3, 0.4) is 0 Å². The van der Waals surface area contributed by atoms with Crippen LogP contribution in [-0.4, -0.2) is 37.4 Å². The summed E-state index contributed by atoms with van der Waals surface area (Å²) in [6.45, 7) is 2.11. The minimum absolute atomic E-state index is 0.0414. The lowest BCUT2D eigenvalue weighted by molar-refractivity contribution is -0.112. The van der Waals surface area contributed by atoms with Crippen molar-refractivity contribution < 1.29 is 23.4 Å². The molecular formula is C23H25N3O5. The number of rotatable bonds is 9. The van der Waals surface area contributed by atoms with Gasteiger partial charge < -0.3 is 18.6 Å². The molecule has 8 heteroatoms. The molecular weight excluding hydrogens is 398 g/mol. The van der Waals surface area contributed by atoms with Crippen molar-refractivity contribution in [3.05, 3.63) is 65.1 Å². The van der Waals surface area contributed by atoms with Gasteiger partial charge in [-0.1, -0.05) is 36.3 Å². The van der Waals surface area contributed by atoms with Gasteiger partial charge in [-0.25, -0.2) is 0 Å². The molecule has 3 aromatic rings. The molecule has 0 spiro atoms. The fourth-order valence-corrected chi connectivity index (χ4v) is 2.96. The van der Waals surface area contributed by atoms with Gasteiger partial charge in [-0.05, 0) is 41.3 Å². The summed E-state index contributed by atoms with van der Waals surface area (Å²) in [4.78, 5) is 12.2. The van der Waals surface area contributed by atoms with Crippen LogP contribution in [0.2, 0.25) is 0 Å². The number of hydrogen-bond acceptors (Lipinski definition) is 7. The van der Waals surface area contributed by atoms with Crippen LogP contribution in [-0.2, 0) is 17.6 Å². The molecule has 1 heterocycles. The minimum atomic E-state index is -0.406. The molecule has 1 N–H and O–H groups in total. The van der Waals surface area contributed by atoms with Crippen molar-refractivity contribution in [2.45, 2.75) is 19.8 Å². The zero-order valence-corrected chi connectivity index (χ0v) is 18.0. The van der Waals surface area contributed by atoms with Gasteiger partial charge in [-0.2, -0.15) is 0 Å². The van der Waals surface area contributed by atoms with E-state index in [1.54, 1.807) is 18.2 Å². The van der Waals surface area contributed by atoms with Gasteiger partial charge in [0.1, 0.15) is 0 Å². The molecule has 0 aliphatic heterocycles. The molecule has 31 heavy (non-hydrogen) atoms. The van der Waals surface area contributed by atoms with Crippen molar-refractivity contribution in [3.8, 4) is 17.2 Å². The molecule has 0 aliphatic rings. The molecule has 8 nitrogen and oxygen atoms in total. The Morgan fingerprint density at radius 2 is 1.65 bits per heavy atom. The van der Waals surface area contributed by atoms with Crippen LogP contribution in [0.25, 0.3) is 6.08 Å². The predicted octanol–water partition coefficient (Wildman–Crippen LogP) is 3.90. The summed E-state index contributed by atoms with van der Waals surface area (Å²) in [5.74, 6) is 1.49. The summed E-state index contributed by atoms with van der Waals surface area (Å²) in [7, 11) is 4.59. The fraction of sp³-hybridized carbons (Fsp3) is 0.261. The zero-order chi connectivity index (χ0) is 22.2. The van der Waals surface area contributed by atoms with Crippen LogP contribution < -0.4 is 19.5 Å². The summed E-state index contributed by atoms with van der Waals surface area (Å²) >= 11 is 0. The predicted molar refractivity (Wildman–Crippen MR) is 117 cm³/mol. The average molecular weight is 423 g/mol. The largest absolute Gasteiger partial charge is 0.493 e. The van der Waals surface area contributed by atoms with Crippen LogP contribution in [0.4, 0.5) is 6.01 Å². The van der Waals surface area contributed by atoms with Gasteiger partial charge in [-0.3, -0.25) is 10.1 Å². The number of hydrogen-bond donors (Lipinski definition) is 1. The third-order valence-electron chi connectivity index (χ3n) is 4.60. The molecule has 162 valence electrons. The highest BCUT2D eigenvalue weighted by Crippen LogP contribution is 2.38. The summed E-state index contributed by atoms with van der Waals surface area (Å²) in [5.41, 5.74) is 3.02. The Balaban J connectivity index is 1.64. The first-order chi connectivity index (χ1) is 15.1. The Morgan fingerprint density at radius 1 is 1.00 bits per heavy atom. The van der Waals surface area contributed by atoms with Gasteiger partial charge in [0, 0.05) is 6.08 Å². The number of carbonyl (C=O) groups excluding carboxylic acids is 1. The maximum Gasteiger partial charge on any atom is 0.322 e. The summed E-state index contributed by atoms with van der Waals surface area (Å²) in [5, 5.41) is 10.4. The number of methoxy groups -OCH3 is 3. The lowest BCUT2D eigenvalue weighted by atomic mass is 10.1. The van der Waals surface area contributed by atoms with E-state index in [2.05, 4.69) is 34.6 Å². The third-order valence-corrected chi connectivity index (χ3v) is 4.60. The van der Waals surface area contributed by atoms with E-state index in [4.69, 9.17) is 18.6 Å². The van der Waals surface area contributed by atoms with Gasteiger partial charge >= 0.3 is 6.01 Å². The van der Waals surface area contributed by atoms with Crippen LogP contribution in [0.1, 0.15) is 29.5 Å². The smallest absolute Gasteiger partial charge is 0.322 e. The van der Waals surface area contributed by atoms with E-state index in [0.29, 0.717) is 35.1 Å². The van der Waals surface area contributed by atoms with Gasteiger partial charge in [0.25, 0.3) is 5.91 Å². The van der Waals surface area contributed by atoms with E-state index < -0.39 is 5.91 Å². The van der Waals surface area contributed by atoms with E-state index in [0.717, 1.165) is 12.0 Å². The second-order valence-corrected chi connectivity index (χ2v) is 6.63. The third kappa shape index (κ3) is 5.63. The Morgan fingerprint density at radius 3 is 2.23 bits per heavy atom. The summed E-state index contributed by atoms with van der Waals surface area (Å²) < 4.78 is 21.4. The fourth-order valence-electron chi connectivity index (χ4n) is 2.96. The van der Waals surface area contributed by atoms with Crippen LogP contribution >= 0.6 is 0 Å². The molecule has 0 unspecified atom stereocenters. The summed E-state index contributed by atoms with van der Waals surface area (Å²) in [6, 6.07) is 11.7. The van der Waals surface area contributed by atoms with E-state index >= 15 is 0 Å². The molecule has 0 saturated carbocycles. The first-order valence-corrected chi connectivity index (χ1v) is 9.75. The zero-order valence-electron chi connectivity index (χ0n) is 18.0. The standard InChI is InChI=1S/C23H25N3O5/c1-5-15-6-8-16(9-7-15)14-21-25-26-23(31-21)24-20(27)11-10-17-12-18(28-2)22(30-4)19(13-17)29-3/h6-13H,5,14H2,1-4H3,(H,24,26,27). The molecule has 1 aromatic heterocycles. The van der Waals surface area contributed by atoms with Gasteiger partial charge in [-0.15, -0.1) is 5.10 Å². The molecule has 0 aliphatic carbocycles. The first-order valence-electron chi connectivity index (χ1n) is 9.75. The number of ether oxygens (including phenoxy) is 3. The molecule has 0 atom stereocenters. The monoisotopic (exact) mass is 423 g/mol. The van der Waals surface area contributed by atoms with Gasteiger partial charge in [0.15, 0.2) is 11.5 Å². The van der Waals surface area contributed by atoms with Crippen molar-refractivity contribution in [3.63, 3.8) is 0 Å². The number of nitrogens with one attached hydrogen (secondary N) is 1. The van der Waals surface area contributed by atoms with Crippen LogP contribution in [0, 0.1) is 0 Å². The normalized spacial score (nSPS) is 10.8. The summed E-state index contributed by atoms with van der Waals surface area (Å²) in [6.07, 6.45) is 4.45. The van der Waals surface area contributed by atoms with Crippen molar-refractivity contribution in [2.75, 3.05) is 26.6 Å². The van der Waals surface area contributed by atoms with Crippen LogP contribution in [0.15, 0.2) is 46.9 Å². The van der Waals surface area contributed by atoms with Crippen molar-refractivity contribution in [1.29, 1.82) is 0 Å². The molecule has 0 saturated heterocycles. The van der Waals surface area contributed by atoms with Crippen molar-refractivity contribution in [2.24, 2.45) is 0 Å². The van der Waals surface area contributed by atoms with Crippen molar-refractivity contribution in [1.82, 2.24) is 10.2 Å². The molecule has 0 bridgehead atoms. The van der Waals surface area contributed by atoms with E-state index in [-0.39, 0.29) is 6.01 Å². The topological polar surface area (TPSA) is 95.7 Å². The number of anilines is 1. The number of carbonyl (C=O) groups is 1. The number of nitrogens with zero attached hydrogens (tertiary/aromatic N) is 2. The minimum Gasteiger partial charge on any atom is -0.493 e. The van der Waals surface area contributed by atoms with E-state index in [9.17, 15) is 4.79 Å². The molecule has 2 aromatic carbocycles. The quantitative estimate of drug-likeness (QED) is 0.522. The second-order valence-electron chi connectivity index (χ2n) is 6.63. The van der Waals surface area contributed by atoms with Gasteiger partial charge in [0.2, 0.25) is 11.6 Å². The molecule has 3 rings (SSSR count). The Labute approximate surface area is 180 Å². The lowest BCUT2D eigenvalue weighted by Gasteiger charge is -2.12. The molecule has 0 fully saturated rings. The van der Waals surface area contributed by atoms with Crippen molar-refractivity contribution >= 4 is 18.0 Å². The number of aromatic nitrogens is 2. The Bertz CT molecular complexity index is 1030. The molecule has 0 radical (unpaired) electrons. The SMILES string of the molecule is CCc1ccc(Cc2nnc(NC(=O)C=Cc3cc(OC)c(OC)c(OC)c3)o2)cc1. The highest BCUT2D eigenvalue weighted by molar-refractivity contribution is 6.00. The van der Waals surface area contributed by atoms with E-state index in [1.807, 2.05) is 12.1 Å². The number of benzene rings is 2. The maximum absolute atomic E-state index is 12.2. The number of amides is 1. The van der Waals surface area contributed by atoms with Crippen LogP contribution in [0.5, 0.6) is 17.2 Å². The first kappa shape index (κ1) is 21.9. The average Bonchev–Trinajstić information content (AvgIpc) is 3.23. The lowest BCUT2D eigenvalue weighted by Crippen LogP contribution is -2.07. The molecule has 1 amide bonds. The van der Waals surface area contributed by atoms with E-state index in [1.165, 1.54) is 33.0 Å². The second kappa shape index (κ2) is 10.3. The highest BCUT2D eigenvalue weighted by Gasteiger charge is 2.13.